The Morgan fingerprint density at radius 1 is 0.839 bits per heavy atom. The van der Waals surface area contributed by atoms with Gasteiger partial charge in [-0.25, -0.2) is 13.7 Å². The summed E-state index contributed by atoms with van der Waals surface area (Å²) in [5.41, 5.74) is 2.67. The fourth-order valence-corrected chi connectivity index (χ4v) is 4.53. The highest BCUT2D eigenvalue weighted by molar-refractivity contribution is 8.04. The van der Waals surface area contributed by atoms with Crippen LogP contribution >= 0.6 is 23.4 Å². The number of imide groups is 1. The molecule has 0 unspecified atom stereocenters. The van der Waals surface area contributed by atoms with Crippen LogP contribution in [-0.2, 0) is 9.59 Å². The van der Waals surface area contributed by atoms with Crippen molar-refractivity contribution >= 4 is 46.4 Å². The van der Waals surface area contributed by atoms with E-state index in [0.29, 0.717) is 10.6 Å². The molecule has 0 radical (unpaired) electrons. The summed E-state index contributed by atoms with van der Waals surface area (Å²) in [5, 5.41) is 0.546. The number of carbonyl (C=O) groups is 2. The molecule has 3 aromatic rings. The average molecular weight is 456 g/mol. The summed E-state index contributed by atoms with van der Waals surface area (Å²) in [6.45, 7) is 3.79. The minimum absolute atomic E-state index is 0.0251. The molecule has 1 aliphatic heterocycles. The number of hydrogen-bond donors (Lipinski definition) is 0. The van der Waals surface area contributed by atoms with E-state index >= 15 is 0 Å². The lowest BCUT2D eigenvalue weighted by Crippen LogP contribution is -2.31. The smallest absolute Gasteiger partial charge is 0.268 e. The zero-order valence-corrected chi connectivity index (χ0v) is 18.2. The molecule has 0 fully saturated rings. The number of thioether (sulfide) groups is 1. The summed E-state index contributed by atoms with van der Waals surface area (Å²) < 4.78 is 27.3. The molecule has 0 aliphatic carbocycles. The Kier molecular flexibility index (Phi) is 5.69. The molecule has 31 heavy (non-hydrogen) atoms. The SMILES string of the molecule is Cc1ccc(C2=C(Sc3ccc(Cl)cc3)C(=O)N(c3ccc(F)c(F)c3)C2=O)c(C)c1. The Labute approximate surface area is 187 Å². The Morgan fingerprint density at radius 3 is 2.19 bits per heavy atom. The van der Waals surface area contributed by atoms with Crippen LogP contribution in [0.2, 0.25) is 5.02 Å². The number of anilines is 1. The molecule has 0 atom stereocenters. The van der Waals surface area contributed by atoms with Crippen molar-refractivity contribution in [3.8, 4) is 0 Å². The van der Waals surface area contributed by atoms with Crippen LogP contribution in [0.1, 0.15) is 16.7 Å². The van der Waals surface area contributed by atoms with Crippen molar-refractivity contribution < 1.29 is 18.4 Å². The third-order valence-electron chi connectivity index (χ3n) is 4.89. The molecule has 0 saturated carbocycles. The second-order valence-corrected chi connectivity index (χ2v) is 8.64. The van der Waals surface area contributed by atoms with Crippen molar-refractivity contribution in [3.63, 3.8) is 0 Å². The predicted octanol–water partition coefficient (Wildman–Crippen LogP) is 6.31. The number of benzene rings is 3. The Bertz CT molecular complexity index is 1250. The zero-order chi connectivity index (χ0) is 22.3. The van der Waals surface area contributed by atoms with Gasteiger partial charge in [0.1, 0.15) is 0 Å². The second kappa shape index (κ2) is 8.29. The monoisotopic (exact) mass is 455 g/mol. The highest BCUT2D eigenvalue weighted by Gasteiger charge is 2.41. The van der Waals surface area contributed by atoms with Crippen LogP contribution in [0.4, 0.5) is 14.5 Å². The van der Waals surface area contributed by atoms with Crippen molar-refractivity contribution in [2.75, 3.05) is 4.90 Å². The highest BCUT2D eigenvalue weighted by atomic mass is 35.5. The molecule has 0 spiro atoms. The maximum absolute atomic E-state index is 13.8. The van der Waals surface area contributed by atoms with Gasteiger partial charge in [0.2, 0.25) is 0 Å². The third kappa shape index (κ3) is 4.01. The highest BCUT2D eigenvalue weighted by Crippen LogP contribution is 2.42. The lowest BCUT2D eigenvalue weighted by Gasteiger charge is -2.15. The van der Waals surface area contributed by atoms with Crippen LogP contribution in [0.15, 0.2) is 70.5 Å². The second-order valence-electron chi connectivity index (χ2n) is 7.12. The molecule has 7 heteroatoms. The van der Waals surface area contributed by atoms with Gasteiger partial charge < -0.3 is 0 Å². The van der Waals surface area contributed by atoms with Gasteiger partial charge in [0, 0.05) is 16.0 Å². The first kappa shape index (κ1) is 21.3. The molecule has 3 nitrogen and oxygen atoms in total. The Morgan fingerprint density at radius 2 is 1.55 bits per heavy atom. The molecule has 1 aliphatic rings. The summed E-state index contributed by atoms with van der Waals surface area (Å²) >= 11 is 7.09. The van der Waals surface area contributed by atoms with Crippen molar-refractivity contribution in [2.24, 2.45) is 0 Å². The van der Waals surface area contributed by atoms with Gasteiger partial charge in [0.25, 0.3) is 11.8 Å². The van der Waals surface area contributed by atoms with E-state index in [-0.39, 0.29) is 16.2 Å². The fraction of sp³-hybridized carbons (Fsp3) is 0.0833. The summed E-state index contributed by atoms with van der Waals surface area (Å²) in [4.78, 5) is 28.5. The number of halogens is 3. The van der Waals surface area contributed by atoms with Crippen molar-refractivity contribution in [2.45, 2.75) is 18.7 Å². The van der Waals surface area contributed by atoms with Crippen molar-refractivity contribution in [3.05, 3.63) is 98.9 Å². The molecular weight excluding hydrogens is 440 g/mol. The minimum Gasteiger partial charge on any atom is -0.268 e. The number of rotatable bonds is 4. The average Bonchev–Trinajstić information content (AvgIpc) is 2.96. The third-order valence-corrected chi connectivity index (χ3v) is 6.23. The molecule has 156 valence electrons. The minimum atomic E-state index is -1.13. The van der Waals surface area contributed by atoms with Gasteiger partial charge in [-0.3, -0.25) is 9.59 Å². The van der Waals surface area contributed by atoms with Gasteiger partial charge in [-0.15, -0.1) is 0 Å². The van der Waals surface area contributed by atoms with Crippen LogP contribution in [-0.4, -0.2) is 11.8 Å². The summed E-state index contributed by atoms with van der Waals surface area (Å²) in [6, 6.07) is 15.4. The first-order chi connectivity index (χ1) is 14.8. The number of aryl methyl sites for hydroxylation is 2. The maximum Gasteiger partial charge on any atom is 0.272 e. The predicted molar refractivity (Wildman–Crippen MR) is 119 cm³/mol. The van der Waals surface area contributed by atoms with Crippen LogP contribution in [0.3, 0.4) is 0 Å². The molecular formula is C24H16ClF2NO2S. The normalized spacial score (nSPS) is 14.0. The van der Waals surface area contributed by atoms with Gasteiger partial charge >= 0.3 is 0 Å². The van der Waals surface area contributed by atoms with Crippen LogP contribution in [0, 0.1) is 25.5 Å². The lowest BCUT2D eigenvalue weighted by atomic mass is 9.99. The molecule has 0 bridgehead atoms. The van der Waals surface area contributed by atoms with Crippen LogP contribution in [0.5, 0.6) is 0 Å². The van der Waals surface area contributed by atoms with E-state index in [0.717, 1.165) is 44.8 Å². The molecule has 0 aromatic heterocycles. The Balaban J connectivity index is 1.86. The van der Waals surface area contributed by atoms with Gasteiger partial charge in [-0.1, -0.05) is 47.1 Å². The number of nitrogens with zero attached hydrogens (tertiary/aromatic N) is 1. The quantitative estimate of drug-likeness (QED) is 0.432. The molecule has 2 amide bonds. The molecule has 0 saturated heterocycles. The van der Waals surface area contributed by atoms with Gasteiger partial charge in [-0.2, -0.15) is 0 Å². The molecule has 3 aromatic carbocycles. The van der Waals surface area contributed by atoms with Gasteiger partial charge in [-0.05, 0) is 61.4 Å². The summed E-state index contributed by atoms with van der Waals surface area (Å²) in [5.74, 6) is -3.36. The van der Waals surface area contributed by atoms with E-state index in [1.165, 1.54) is 6.07 Å². The molecule has 0 N–H and O–H groups in total. The fourth-order valence-electron chi connectivity index (χ4n) is 3.42. The Hall–Kier alpha value is -2.96. The van der Waals surface area contributed by atoms with E-state index in [2.05, 4.69) is 0 Å². The first-order valence-corrected chi connectivity index (χ1v) is 10.5. The first-order valence-electron chi connectivity index (χ1n) is 9.35. The van der Waals surface area contributed by atoms with Crippen molar-refractivity contribution in [1.82, 2.24) is 0 Å². The summed E-state index contributed by atoms with van der Waals surface area (Å²) in [6.07, 6.45) is 0. The maximum atomic E-state index is 13.8. The number of carbonyl (C=O) groups excluding carboxylic acids is 2. The van der Waals surface area contributed by atoms with E-state index in [1.54, 1.807) is 30.3 Å². The lowest BCUT2D eigenvalue weighted by molar-refractivity contribution is -0.119. The van der Waals surface area contributed by atoms with Gasteiger partial charge in [0.05, 0.1) is 16.2 Å². The van der Waals surface area contributed by atoms with E-state index in [1.807, 2.05) is 26.0 Å². The molecule has 1 heterocycles. The van der Waals surface area contributed by atoms with E-state index in [4.69, 9.17) is 11.6 Å². The van der Waals surface area contributed by atoms with Crippen molar-refractivity contribution in [1.29, 1.82) is 0 Å². The number of hydrogen-bond acceptors (Lipinski definition) is 3. The standard InChI is InChI=1S/C24H16ClF2NO2S/c1-13-3-9-18(14(2)11-13)21-22(31-17-7-4-15(25)5-8-17)24(30)28(23(21)29)16-6-10-19(26)20(27)12-16/h3-12H,1-2H3. The van der Waals surface area contributed by atoms with E-state index < -0.39 is 23.4 Å². The molecule has 4 rings (SSSR count). The van der Waals surface area contributed by atoms with E-state index in [9.17, 15) is 18.4 Å². The van der Waals surface area contributed by atoms with Gasteiger partial charge in [0.15, 0.2) is 11.6 Å². The largest absolute Gasteiger partial charge is 0.272 e. The zero-order valence-electron chi connectivity index (χ0n) is 16.6. The number of amides is 2. The summed E-state index contributed by atoms with van der Waals surface area (Å²) in [7, 11) is 0. The van der Waals surface area contributed by atoms with Crippen LogP contribution in [0.25, 0.3) is 5.57 Å². The topological polar surface area (TPSA) is 37.4 Å². The van der Waals surface area contributed by atoms with Crippen LogP contribution < -0.4 is 4.90 Å².